The van der Waals surface area contributed by atoms with E-state index in [4.69, 9.17) is 0 Å². The van der Waals surface area contributed by atoms with Crippen molar-refractivity contribution in [3.8, 4) is 17.0 Å². The molecule has 2 aromatic heterocycles. The minimum atomic E-state index is -2.86. The van der Waals surface area contributed by atoms with Crippen LogP contribution < -0.4 is 10.1 Å². The average Bonchev–Trinajstić information content (AvgIpc) is 3.14. The maximum atomic E-state index is 12.3. The second-order valence-electron chi connectivity index (χ2n) is 4.86. The molecule has 0 saturated carbocycles. The largest absolute Gasteiger partial charge is 0.435 e. The summed E-state index contributed by atoms with van der Waals surface area (Å²) in [5.41, 5.74) is 1.72. The van der Waals surface area contributed by atoms with Crippen molar-refractivity contribution in [2.24, 2.45) is 7.05 Å². The van der Waals surface area contributed by atoms with E-state index in [0.717, 1.165) is 5.56 Å². The molecule has 0 aliphatic heterocycles. The van der Waals surface area contributed by atoms with E-state index in [1.807, 2.05) is 0 Å². The molecule has 1 N–H and O–H groups in total. The molecular formula is C15H11BrF2N4O2S. The van der Waals surface area contributed by atoms with Gasteiger partial charge in [0.1, 0.15) is 11.4 Å². The minimum absolute atomic E-state index is 0.0727. The van der Waals surface area contributed by atoms with Gasteiger partial charge in [-0.2, -0.15) is 13.9 Å². The van der Waals surface area contributed by atoms with Gasteiger partial charge in [-0.1, -0.05) is 0 Å². The van der Waals surface area contributed by atoms with Crippen LogP contribution in [0.2, 0.25) is 0 Å². The third-order valence-electron chi connectivity index (χ3n) is 3.21. The molecule has 0 bridgehead atoms. The fraction of sp³-hybridized carbons (Fsp3) is 0.133. The highest BCUT2D eigenvalue weighted by Crippen LogP contribution is 2.27. The highest BCUT2D eigenvalue weighted by atomic mass is 79.9. The lowest BCUT2D eigenvalue weighted by Gasteiger charge is -2.04. The second-order valence-corrected chi connectivity index (χ2v) is 6.57. The third kappa shape index (κ3) is 4.02. The number of aromatic nitrogens is 3. The van der Waals surface area contributed by atoms with Crippen LogP contribution >= 0.6 is 27.3 Å². The van der Waals surface area contributed by atoms with Crippen LogP contribution in [0.3, 0.4) is 0 Å². The Kier molecular flexibility index (Phi) is 5.09. The zero-order valence-corrected chi connectivity index (χ0v) is 15.1. The number of halogens is 3. The second kappa shape index (κ2) is 7.28. The Morgan fingerprint density at radius 3 is 2.68 bits per heavy atom. The fourth-order valence-electron chi connectivity index (χ4n) is 2.09. The van der Waals surface area contributed by atoms with Crippen LogP contribution in [0.1, 0.15) is 10.5 Å². The van der Waals surface area contributed by atoms with E-state index in [0.29, 0.717) is 21.0 Å². The molecule has 0 atom stereocenters. The van der Waals surface area contributed by atoms with Crippen molar-refractivity contribution in [2.75, 3.05) is 5.32 Å². The van der Waals surface area contributed by atoms with Crippen molar-refractivity contribution in [2.45, 2.75) is 6.61 Å². The van der Waals surface area contributed by atoms with Gasteiger partial charge in [-0.15, -0.1) is 11.3 Å². The van der Waals surface area contributed by atoms with Crippen LogP contribution in [-0.2, 0) is 7.05 Å². The number of ether oxygens (including phenoxy) is 1. The molecule has 10 heteroatoms. The Labute approximate surface area is 153 Å². The summed E-state index contributed by atoms with van der Waals surface area (Å²) in [7, 11) is 1.66. The lowest BCUT2D eigenvalue weighted by molar-refractivity contribution is -0.0498. The first-order valence-corrected chi connectivity index (χ1v) is 8.61. The Hall–Kier alpha value is -2.33. The molecule has 0 saturated heterocycles. The maximum absolute atomic E-state index is 12.3. The number of nitrogens with zero attached hydrogens (tertiary/aromatic N) is 3. The Morgan fingerprint density at radius 1 is 1.36 bits per heavy atom. The molecule has 0 unspecified atom stereocenters. The first-order chi connectivity index (χ1) is 11.9. The van der Waals surface area contributed by atoms with Gasteiger partial charge >= 0.3 is 6.61 Å². The topological polar surface area (TPSA) is 69.0 Å². The number of thiazole rings is 1. The highest BCUT2D eigenvalue weighted by molar-refractivity contribution is 9.10. The smallest absolute Gasteiger partial charge is 0.387 e. The van der Waals surface area contributed by atoms with Gasteiger partial charge in [0.25, 0.3) is 5.91 Å². The number of carbonyl (C=O) groups excluding carboxylic acids is 1. The monoisotopic (exact) mass is 428 g/mol. The van der Waals surface area contributed by atoms with E-state index in [9.17, 15) is 13.6 Å². The number of aryl methyl sites for hydroxylation is 1. The summed E-state index contributed by atoms with van der Waals surface area (Å²) in [6.45, 7) is -2.86. The van der Waals surface area contributed by atoms with Crippen molar-refractivity contribution in [3.63, 3.8) is 0 Å². The number of hydrogen-bond acceptors (Lipinski definition) is 5. The summed E-state index contributed by atoms with van der Waals surface area (Å²) in [6, 6.07) is 6.11. The number of carbonyl (C=O) groups is 1. The maximum Gasteiger partial charge on any atom is 0.387 e. The first kappa shape index (κ1) is 17.5. The van der Waals surface area contributed by atoms with Gasteiger partial charge in [0.05, 0.1) is 16.4 Å². The molecule has 0 radical (unpaired) electrons. The van der Waals surface area contributed by atoms with Gasteiger partial charge in [-0.25, -0.2) is 4.98 Å². The van der Waals surface area contributed by atoms with Gasteiger partial charge in [-0.05, 0) is 40.2 Å². The van der Waals surface area contributed by atoms with E-state index in [2.05, 4.69) is 36.1 Å². The summed E-state index contributed by atoms with van der Waals surface area (Å²) in [6.07, 6.45) is 1.53. The average molecular weight is 429 g/mol. The lowest BCUT2D eigenvalue weighted by atomic mass is 10.2. The fourth-order valence-corrected chi connectivity index (χ4v) is 3.34. The number of rotatable bonds is 5. The molecule has 0 aliphatic rings. The number of amides is 1. The molecule has 0 aliphatic carbocycles. The molecule has 1 aromatic carbocycles. The molecule has 25 heavy (non-hydrogen) atoms. The summed E-state index contributed by atoms with van der Waals surface area (Å²) in [4.78, 5) is 16.6. The molecule has 130 valence electrons. The van der Waals surface area contributed by atoms with Crippen molar-refractivity contribution in [1.82, 2.24) is 14.8 Å². The van der Waals surface area contributed by atoms with E-state index < -0.39 is 6.61 Å². The molecule has 3 aromatic rings. The van der Waals surface area contributed by atoms with Gasteiger partial charge in [0.15, 0.2) is 5.13 Å². The number of alkyl halides is 2. The van der Waals surface area contributed by atoms with Crippen LogP contribution in [0.5, 0.6) is 5.75 Å². The van der Waals surface area contributed by atoms with Crippen LogP contribution in [0.25, 0.3) is 11.3 Å². The van der Waals surface area contributed by atoms with Gasteiger partial charge in [0, 0.05) is 18.0 Å². The predicted octanol–water partition coefficient (Wildman–Crippen LogP) is 4.16. The van der Waals surface area contributed by atoms with Crippen LogP contribution in [0.4, 0.5) is 13.9 Å². The van der Waals surface area contributed by atoms with Gasteiger partial charge in [-0.3, -0.25) is 14.8 Å². The highest BCUT2D eigenvalue weighted by Gasteiger charge is 2.17. The summed E-state index contributed by atoms with van der Waals surface area (Å²) >= 11 is 4.53. The van der Waals surface area contributed by atoms with E-state index in [1.54, 1.807) is 24.6 Å². The third-order valence-corrected chi connectivity index (χ3v) is 4.55. The summed E-state index contributed by atoms with van der Waals surface area (Å²) in [5, 5.41) is 8.87. The van der Waals surface area contributed by atoms with Gasteiger partial charge < -0.3 is 4.74 Å². The van der Waals surface area contributed by atoms with Gasteiger partial charge in [0.2, 0.25) is 0 Å². The zero-order valence-electron chi connectivity index (χ0n) is 12.7. The van der Waals surface area contributed by atoms with Crippen molar-refractivity contribution < 1.29 is 18.3 Å². The Bertz CT molecular complexity index is 876. The van der Waals surface area contributed by atoms with Crippen LogP contribution in [0, 0.1) is 0 Å². The number of anilines is 1. The first-order valence-electron chi connectivity index (χ1n) is 6.93. The molecule has 6 nitrogen and oxygen atoms in total. The number of hydrogen-bond donors (Lipinski definition) is 1. The summed E-state index contributed by atoms with van der Waals surface area (Å²) in [5.74, 6) is -0.267. The number of benzene rings is 1. The molecular weight excluding hydrogens is 418 g/mol. The lowest BCUT2D eigenvalue weighted by Crippen LogP contribution is -2.16. The van der Waals surface area contributed by atoms with Crippen LogP contribution in [0.15, 0.2) is 40.3 Å². The van der Waals surface area contributed by atoms with Crippen molar-refractivity contribution in [3.05, 3.63) is 46.0 Å². The Morgan fingerprint density at radius 2 is 2.08 bits per heavy atom. The zero-order chi connectivity index (χ0) is 18.0. The molecule has 3 rings (SSSR count). The molecule has 2 heterocycles. The van der Waals surface area contributed by atoms with E-state index in [-0.39, 0.29) is 11.7 Å². The van der Waals surface area contributed by atoms with Crippen molar-refractivity contribution in [1.29, 1.82) is 0 Å². The molecule has 0 fully saturated rings. The van der Waals surface area contributed by atoms with E-state index >= 15 is 0 Å². The molecule has 0 spiro atoms. The minimum Gasteiger partial charge on any atom is -0.435 e. The number of nitrogens with one attached hydrogen (secondary N) is 1. The van der Waals surface area contributed by atoms with Crippen molar-refractivity contribution >= 4 is 38.3 Å². The summed E-state index contributed by atoms with van der Waals surface area (Å²) < 4.78 is 30.7. The van der Waals surface area contributed by atoms with Crippen LogP contribution in [-0.4, -0.2) is 27.3 Å². The predicted molar refractivity (Wildman–Crippen MR) is 93.0 cm³/mol. The quantitative estimate of drug-likeness (QED) is 0.662. The van der Waals surface area contributed by atoms with E-state index in [1.165, 1.54) is 34.3 Å². The Balaban J connectivity index is 1.73. The standard InChI is InChI=1S/C15H11BrF2N4O2S/c1-22-12(10(16)6-19-22)13(23)21-15-20-11(7-25-15)8-2-4-9(5-3-8)24-14(17)18/h2-7,14H,1H3,(H,20,21,23). The normalized spacial score (nSPS) is 10.9. The SMILES string of the molecule is Cn1ncc(Br)c1C(=O)Nc1nc(-c2ccc(OC(F)F)cc2)cs1. The molecule has 1 amide bonds.